The first-order chi connectivity index (χ1) is 11.1. The molecule has 23 heavy (non-hydrogen) atoms. The van der Waals surface area contributed by atoms with Gasteiger partial charge in [0.05, 0.1) is 20.8 Å². The topological polar surface area (TPSA) is 48.0 Å². The molecular formula is C18H25NO4. The number of ketones is 1. The van der Waals surface area contributed by atoms with Crippen molar-refractivity contribution in [1.82, 2.24) is 4.90 Å². The van der Waals surface area contributed by atoms with Crippen LogP contribution in [0.3, 0.4) is 0 Å². The van der Waals surface area contributed by atoms with E-state index < -0.39 is 0 Å². The maximum Gasteiger partial charge on any atom is 0.203 e. The van der Waals surface area contributed by atoms with Crippen molar-refractivity contribution < 1.29 is 19.0 Å². The summed E-state index contributed by atoms with van der Waals surface area (Å²) in [5, 5.41) is 0. The Labute approximate surface area is 137 Å². The smallest absolute Gasteiger partial charge is 0.203 e. The molecule has 1 fully saturated rings. The third-order valence-electron chi connectivity index (χ3n) is 3.97. The van der Waals surface area contributed by atoms with E-state index in [1.165, 1.54) is 0 Å². The van der Waals surface area contributed by atoms with E-state index in [9.17, 15) is 4.79 Å². The number of benzene rings is 1. The molecular weight excluding hydrogens is 294 g/mol. The van der Waals surface area contributed by atoms with Crippen LogP contribution < -0.4 is 14.2 Å². The summed E-state index contributed by atoms with van der Waals surface area (Å²) in [6, 6.07) is 3.75. The first-order valence-corrected chi connectivity index (χ1v) is 7.97. The highest BCUT2D eigenvalue weighted by Crippen LogP contribution is 2.39. The summed E-state index contributed by atoms with van der Waals surface area (Å²) in [5.41, 5.74) is 1.70. The highest BCUT2D eigenvalue weighted by atomic mass is 16.5. The second kappa shape index (κ2) is 8.02. The monoisotopic (exact) mass is 319 g/mol. The summed E-state index contributed by atoms with van der Waals surface area (Å²) in [6.45, 7) is 7.01. The Balaban J connectivity index is 2.38. The predicted octanol–water partition coefficient (Wildman–Crippen LogP) is 2.78. The van der Waals surface area contributed by atoms with E-state index in [2.05, 4.69) is 11.8 Å². The van der Waals surface area contributed by atoms with Gasteiger partial charge in [-0.25, -0.2) is 0 Å². The molecule has 126 valence electrons. The number of likely N-dealkylation sites (N-methyl/N-ethyl adjacent to an activating group) is 1. The molecule has 1 aliphatic heterocycles. The molecule has 0 bridgehead atoms. The zero-order valence-corrected chi connectivity index (χ0v) is 14.3. The van der Waals surface area contributed by atoms with Crippen molar-refractivity contribution >= 4 is 11.9 Å². The fraction of sp³-hybridized carbons (Fsp3) is 0.500. The number of hydrogen-bond acceptors (Lipinski definition) is 5. The first-order valence-electron chi connectivity index (χ1n) is 7.97. The van der Waals surface area contributed by atoms with Gasteiger partial charge in [0.15, 0.2) is 17.3 Å². The molecule has 0 aliphatic carbocycles. The molecule has 1 saturated heterocycles. The molecule has 0 atom stereocenters. The third kappa shape index (κ3) is 4.05. The summed E-state index contributed by atoms with van der Waals surface area (Å²) in [5.74, 6) is 2.01. The third-order valence-corrected chi connectivity index (χ3v) is 3.97. The summed E-state index contributed by atoms with van der Waals surface area (Å²) >= 11 is 0. The maximum absolute atomic E-state index is 12.2. The van der Waals surface area contributed by atoms with Crippen molar-refractivity contribution in [1.29, 1.82) is 0 Å². The van der Waals surface area contributed by atoms with E-state index in [1.807, 2.05) is 25.1 Å². The Morgan fingerprint density at radius 1 is 1.17 bits per heavy atom. The predicted molar refractivity (Wildman–Crippen MR) is 90.4 cm³/mol. The number of carbonyl (C=O) groups is 1. The van der Waals surface area contributed by atoms with Crippen molar-refractivity contribution in [3.63, 3.8) is 0 Å². The number of likely N-dealkylation sites (tertiary alicyclic amines) is 1. The Morgan fingerprint density at radius 2 is 1.83 bits per heavy atom. The summed E-state index contributed by atoms with van der Waals surface area (Å²) in [6.07, 6.45) is 2.50. The van der Waals surface area contributed by atoms with Gasteiger partial charge in [0, 0.05) is 25.1 Å². The fourth-order valence-electron chi connectivity index (χ4n) is 2.70. The largest absolute Gasteiger partial charge is 0.493 e. The quantitative estimate of drug-likeness (QED) is 0.755. The molecule has 0 saturated carbocycles. The highest BCUT2D eigenvalue weighted by molar-refractivity contribution is 6.00. The standard InChI is InChI=1S/C18H25NO4/c1-5-19-8-7-15(20)14(12-19)9-13-10-16(21-3)18(23-6-2)17(11-13)22-4/h9-11H,5-8,12H2,1-4H3/b14-9+. The van der Waals surface area contributed by atoms with Crippen molar-refractivity contribution in [3.8, 4) is 17.2 Å². The highest BCUT2D eigenvalue weighted by Gasteiger charge is 2.21. The Hall–Kier alpha value is -2.01. The van der Waals surface area contributed by atoms with Gasteiger partial charge >= 0.3 is 0 Å². The van der Waals surface area contributed by atoms with Gasteiger partial charge in [-0.3, -0.25) is 9.69 Å². The van der Waals surface area contributed by atoms with E-state index >= 15 is 0 Å². The summed E-state index contributed by atoms with van der Waals surface area (Å²) < 4.78 is 16.4. The average molecular weight is 319 g/mol. The van der Waals surface area contributed by atoms with Gasteiger partial charge < -0.3 is 14.2 Å². The van der Waals surface area contributed by atoms with Crippen molar-refractivity contribution in [2.45, 2.75) is 20.3 Å². The Morgan fingerprint density at radius 3 is 2.35 bits per heavy atom. The number of hydrogen-bond donors (Lipinski definition) is 0. The number of carbonyl (C=O) groups excluding carboxylic acids is 1. The molecule has 0 amide bonds. The van der Waals surface area contributed by atoms with Crippen LogP contribution in [0.25, 0.3) is 6.08 Å². The van der Waals surface area contributed by atoms with Crippen LogP contribution in [0.5, 0.6) is 17.2 Å². The average Bonchev–Trinajstić information content (AvgIpc) is 2.57. The molecule has 0 spiro atoms. The Bertz CT molecular complexity index is 570. The van der Waals surface area contributed by atoms with E-state index in [4.69, 9.17) is 14.2 Å². The second-order valence-corrected chi connectivity index (χ2v) is 5.40. The number of ether oxygens (including phenoxy) is 3. The van der Waals surface area contributed by atoms with Gasteiger partial charge in [-0.05, 0) is 37.2 Å². The normalized spacial score (nSPS) is 17.4. The van der Waals surface area contributed by atoms with Gasteiger partial charge in [-0.2, -0.15) is 0 Å². The molecule has 1 heterocycles. The lowest BCUT2D eigenvalue weighted by Crippen LogP contribution is -2.35. The van der Waals surface area contributed by atoms with Crippen molar-refractivity contribution in [2.75, 3.05) is 40.5 Å². The van der Waals surface area contributed by atoms with Crippen LogP contribution in [-0.2, 0) is 4.79 Å². The zero-order valence-electron chi connectivity index (χ0n) is 14.3. The van der Waals surface area contributed by atoms with Crippen LogP contribution in [0, 0.1) is 0 Å². The molecule has 1 aliphatic rings. The van der Waals surface area contributed by atoms with Crippen LogP contribution >= 0.6 is 0 Å². The fourth-order valence-corrected chi connectivity index (χ4v) is 2.70. The molecule has 5 heteroatoms. The number of methoxy groups -OCH3 is 2. The molecule has 1 aromatic rings. The van der Waals surface area contributed by atoms with Crippen LogP contribution in [0.1, 0.15) is 25.8 Å². The molecule has 0 unspecified atom stereocenters. The van der Waals surface area contributed by atoms with Crippen molar-refractivity contribution in [2.24, 2.45) is 0 Å². The number of nitrogens with zero attached hydrogens (tertiary/aromatic N) is 1. The van der Waals surface area contributed by atoms with Crippen LogP contribution in [0.4, 0.5) is 0 Å². The zero-order chi connectivity index (χ0) is 16.8. The van der Waals surface area contributed by atoms with Crippen LogP contribution in [0.2, 0.25) is 0 Å². The molecule has 2 rings (SSSR count). The maximum atomic E-state index is 12.2. The molecule has 0 aromatic heterocycles. The van der Waals surface area contributed by atoms with Crippen LogP contribution in [-0.4, -0.2) is 51.1 Å². The second-order valence-electron chi connectivity index (χ2n) is 5.40. The summed E-state index contributed by atoms with van der Waals surface area (Å²) in [4.78, 5) is 14.4. The lowest BCUT2D eigenvalue weighted by atomic mass is 10.00. The van der Waals surface area contributed by atoms with Gasteiger partial charge in [0.1, 0.15) is 0 Å². The minimum absolute atomic E-state index is 0.210. The molecule has 5 nitrogen and oxygen atoms in total. The van der Waals surface area contributed by atoms with E-state index in [0.717, 1.165) is 24.2 Å². The van der Waals surface area contributed by atoms with E-state index in [0.29, 0.717) is 36.8 Å². The van der Waals surface area contributed by atoms with Gasteiger partial charge in [-0.15, -0.1) is 0 Å². The number of rotatable bonds is 6. The lowest BCUT2D eigenvalue weighted by Gasteiger charge is -2.26. The SMILES string of the molecule is CCOc1c(OC)cc(/C=C2\CN(CC)CCC2=O)cc1OC. The first kappa shape index (κ1) is 17.3. The number of piperidine rings is 1. The molecule has 0 radical (unpaired) electrons. The lowest BCUT2D eigenvalue weighted by molar-refractivity contribution is -0.117. The molecule has 0 N–H and O–H groups in total. The molecule has 1 aromatic carbocycles. The van der Waals surface area contributed by atoms with Crippen molar-refractivity contribution in [3.05, 3.63) is 23.3 Å². The minimum Gasteiger partial charge on any atom is -0.493 e. The Kier molecular flexibility index (Phi) is 6.04. The minimum atomic E-state index is 0.210. The van der Waals surface area contributed by atoms with Gasteiger partial charge in [0.25, 0.3) is 0 Å². The van der Waals surface area contributed by atoms with E-state index in [-0.39, 0.29) is 5.78 Å². The van der Waals surface area contributed by atoms with E-state index in [1.54, 1.807) is 14.2 Å². The summed E-state index contributed by atoms with van der Waals surface area (Å²) in [7, 11) is 3.19. The van der Waals surface area contributed by atoms with Gasteiger partial charge in [0.2, 0.25) is 5.75 Å². The number of Topliss-reactive ketones (excluding diaryl/α,β-unsaturated/α-hetero) is 1. The van der Waals surface area contributed by atoms with Crippen LogP contribution in [0.15, 0.2) is 17.7 Å². The van der Waals surface area contributed by atoms with Gasteiger partial charge in [-0.1, -0.05) is 6.92 Å².